The number of hydrogen-bond acceptors (Lipinski definition) is 3. The number of allylic oxidation sites excluding steroid dienone is 1. The highest BCUT2D eigenvalue weighted by Crippen LogP contribution is 2.43. The molecule has 138 valence electrons. The molecule has 2 amide bonds. The van der Waals surface area contributed by atoms with Crippen LogP contribution in [0.1, 0.15) is 45.4 Å². The molecule has 1 aromatic carbocycles. The van der Waals surface area contributed by atoms with Crippen LogP contribution in [0.3, 0.4) is 0 Å². The molecule has 1 saturated heterocycles. The number of imide groups is 1. The van der Waals surface area contributed by atoms with Gasteiger partial charge in [0.25, 0.3) is 0 Å². The Kier molecular flexibility index (Phi) is 4.82. The molecule has 0 spiro atoms. The molecule has 0 aromatic heterocycles. The van der Waals surface area contributed by atoms with E-state index in [0.29, 0.717) is 12.1 Å². The fourth-order valence-electron chi connectivity index (χ4n) is 4.69. The number of fused-ring (bicyclic) bond motifs is 1. The highest BCUT2D eigenvalue weighted by atomic mass is 32.2. The van der Waals surface area contributed by atoms with E-state index in [1.165, 1.54) is 11.3 Å². The van der Waals surface area contributed by atoms with E-state index in [2.05, 4.69) is 0 Å². The van der Waals surface area contributed by atoms with Crippen molar-refractivity contribution in [2.24, 2.45) is 11.8 Å². The summed E-state index contributed by atoms with van der Waals surface area (Å²) in [4.78, 5) is 27.5. The summed E-state index contributed by atoms with van der Waals surface area (Å²) in [6, 6.07) is 9.12. The average Bonchev–Trinajstić information content (AvgIpc) is 2.92. The summed E-state index contributed by atoms with van der Waals surface area (Å²) >= 11 is 0. The van der Waals surface area contributed by atoms with Gasteiger partial charge in [0, 0.05) is 16.0 Å². The van der Waals surface area contributed by atoms with Gasteiger partial charge in [-0.15, -0.1) is 0 Å². The standard InChI is InChI=1S/C21H25NO3S/c1-14-12-17-19(18(13-14)26(25)16-10-6-3-7-11-16)21(24)22(20(17)23)15-8-4-2-5-9-15/h2,4-5,8-9,13,16-19H,3,6-7,10-12H2,1H3/t17-,18-,19-,26?/m0/s1. The molecule has 5 heteroatoms. The number of hydrogen-bond donors (Lipinski definition) is 0. The minimum Gasteiger partial charge on any atom is -0.274 e. The van der Waals surface area contributed by atoms with E-state index in [0.717, 1.165) is 31.3 Å². The summed E-state index contributed by atoms with van der Waals surface area (Å²) in [5.41, 5.74) is 1.70. The van der Waals surface area contributed by atoms with Gasteiger partial charge in [0.15, 0.2) is 0 Å². The quantitative estimate of drug-likeness (QED) is 0.603. The molecule has 3 aliphatic rings. The number of para-hydroxylation sites is 1. The lowest BCUT2D eigenvalue weighted by Crippen LogP contribution is -2.40. The maximum Gasteiger partial charge on any atom is 0.239 e. The van der Waals surface area contributed by atoms with E-state index < -0.39 is 16.7 Å². The summed E-state index contributed by atoms with van der Waals surface area (Å²) < 4.78 is 13.3. The van der Waals surface area contributed by atoms with Gasteiger partial charge >= 0.3 is 0 Å². The van der Waals surface area contributed by atoms with Gasteiger partial charge in [0.1, 0.15) is 0 Å². The first-order valence-electron chi connectivity index (χ1n) is 9.57. The van der Waals surface area contributed by atoms with Crippen molar-refractivity contribution in [1.29, 1.82) is 0 Å². The van der Waals surface area contributed by atoms with Gasteiger partial charge < -0.3 is 0 Å². The van der Waals surface area contributed by atoms with Crippen LogP contribution in [0.25, 0.3) is 0 Å². The number of nitrogens with zero attached hydrogens (tertiary/aromatic N) is 1. The summed E-state index contributed by atoms with van der Waals surface area (Å²) in [5.74, 6) is -1.16. The number of anilines is 1. The van der Waals surface area contributed by atoms with Crippen LogP contribution >= 0.6 is 0 Å². The molecule has 0 radical (unpaired) electrons. The fraction of sp³-hybridized carbons (Fsp3) is 0.524. The van der Waals surface area contributed by atoms with E-state index in [1.54, 1.807) is 12.1 Å². The van der Waals surface area contributed by atoms with Crippen LogP contribution in [0.4, 0.5) is 5.69 Å². The van der Waals surface area contributed by atoms with Crippen molar-refractivity contribution in [2.45, 2.75) is 55.9 Å². The fourth-order valence-corrected chi connectivity index (χ4v) is 6.90. The van der Waals surface area contributed by atoms with Crippen molar-refractivity contribution < 1.29 is 13.8 Å². The third-order valence-electron chi connectivity index (χ3n) is 5.98. The molecule has 2 aliphatic carbocycles. The van der Waals surface area contributed by atoms with Crippen molar-refractivity contribution in [3.8, 4) is 0 Å². The maximum absolute atomic E-state index is 13.3. The van der Waals surface area contributed by atoms with E-state index in [4.69, 9.17) is 0 Å². The molecule has 2 fully saturated rings. The monoisotopic (exact) mass is 371 g/mol. The third-order valence-corrected chi connectivity index (χ3v) is 8.08. The Morgan fingerprint density at radius 3 is 2.38 bits per heavy atom. The minimum atomic E-state index is -1.11. The van der Waals surface area contributed by atoms with Crippen molar-refractivity contribution in [3.63, 3.8) is 0 Å². The minimum absolute atomic E-state index is 0.135. The first-order chi connectivity index (χ1) is 12.6. The Balaban J connectivity index is 1.66. The van der Waals surface area contributed by atoms with Gasteiger partial charge in [-0.3, -0.25) is 13.8 Å². The lowest BCUT2D eigenvalue weighted by Gasteiger charge is -2.32. The first kappa shape index (κ1) is 17.7. The van der Waals surface area contributed by atoms with Crippen LogP contribution in [0.2, 0.25) is 0 Å². The molecular formula is C21H25NO3S. The molecule has 1 unspecified atom stereocenters. The molecule has 4 atom stereocenters. The van der Waals surface area contributed by atoms with E-state index in [1.807, 2.05) is 31.2 Å². The molecule has 26 heavy (non-hydrogen) atoms. The largest absolute Gasteiger partial charge is 0.274 e. The first-order valence-corrected chi connectivity index (χ1v) is 10.8. The number of benzene rings is 1. The Morgan fingerprint density at radius 2 is 1.69 bits per heavy atom. The van der Waals surface area contributed by atoms with Crippen molar-refractivity contribution in [1.82, 2.24) is 0 Å². The number of carbonyl (C=O) groups is 2. The van der Waals surface area contributed by atoms with Gasteiger partial charge in [-0.25, -0.2) is 4.90 Å². The predicted octanol–water partition coefficient (Wildman–Crippen LogP) is 3.59. The zero-order valence-corrected chi connectivity index (χ0v) is 15.9. The Hall–Kier alpha value is -1.75. The molecule has 1 saturated carbocycles. The van der Waals surface area contributed by atoms with E-state index in [9.17, 15) is 13.8 Å². The van der Waals surface area contributed by atoms with Crippen molar-refractivity contribution in [3.05, 3.63) is 42.0 Å². The molecule has 1 aromatic rings. The predicted molar refractivity (Wildman–Crippen MR) is 103 cm³/mol. The maximum atomic E-state index is 13.3. The Bertz CT molecular complexity index is 767. The summed E-state index contributed by atoms with van der Waals surface area (Å²) in [6.45, 7) is 1.99. The second kappa shape index (κ2) is 7.10. The SMILES string of the molecule is CC1=C[C@H](S(=O)C2CCCCC2)[C@H]2C(=O)N(c3ccccc3)C(=O)[C@H]2C1. The van der Waals surface area contributed by atoms with E-state index in [-0.39, 0.29) is 28.2 Å². The Morgan fingerprint density at radius 1 is 1.00 bits per heavy atom. The molecule has 0 bridgehead atoms. The van der Waals surface area contributed by atoms with Gasteiger partial charge in [-0.2, -0.15) is 0 Å². The van der Waals surface area contributed by atoms with Crippen molar-refractivity contribution >= 4 is 28.3 Å². The average molecular weight is 372 g/mol. The number of carbonyl (C=O) groups excluding carboxylic acids is 2. The van der Waals surface area contributed by atoms with Crippen LogP contribution in [-0.2, 0) is 20.4 Å². The van der Waals surface area contributed by atoms with Crippen LogP contribution in [0.15, 0.2) is 42.0 Å². The molecule has 1 aliphatic heterocycles. The van der Waals surface area contributed by atoms with Gasteiger partial charge in [0.05, 0.1) is 22.8 Å². The zero-order chi connectivity index (χ0) is 18.3. The Labute approximate surface area is 157 Å². The zero-order valence-electron chi connectivity index (χ0n) is 15.1. The summed E-state index contributed by atoms with van der Waals surface area (Å²) in [6.07, 6.45) is 7.99. The number of amides is 2. The lowest BCUT2D eigenvalue weighted by molar-refractivity contribution is -0.122. The molecular weight excluding hydrogens is 346 g/mol. The van der Waals surface area contributed by atoms with Crippen LogP contribution in [0, 0.1) is 11.8 Å². The van der Waals surface area contributed by atoms with Gasteiger partial charge in [0.2, 0.25) is 11.8 Å². The van der Waals surface area contributed by atoms with Crippen molar-refractivity contribution in [2.75, 3.05) is 4.90 Å². The second-order valence-corrected chi connectivity index (χ2v) is 9.62. The molecule has 1 heterocycles. The summed E-state index contributed by atoms with van der Waals surface area (Å²) in [5, 5.41) is -0.174. The van der Waals surface area contributed by atoms with Gasteiger partial charge in [-0.1, -0.05) is 49.1 Å². The van der Waals surface area contributed by atoms with Crippen LogP contribution in [-0.4, -0.2) is 26.5 Å². The third kappa shape index (κ3) is 2.96. The van der Waals surface area contributed by atoms with Crippen LogP contribution < -0.4 is 4.90 Å². The highest BCUT2D eigenvalue weighted by Gasteiger charge is 2.54. The summed E-state index contributed by atoms with van der Waals surface area (Å²) in [7, 11) is -1.11. The highest BCUT2D eigenvalue weighted by molar-refractivity contribution is 7.86. The second-order valence-electron chi connectivity index (χ2n) is 7.75. The van der Waals surface area contributed by atoms with E-state index >= 15 is 0 Å². The lowest BCUT2D eigenvalue weighted by atomic mass is 9.81. The topological polar surface area (TPSA) is 54.5 Å². The van der Waals surface area contributed by atoms with Gasteiger partial charge in [-0.05, 0) is 38.3 Å². The number of rotatable bonds is 3. The van der Waals surface area contributed by atoms with Crippen LogP contribution in [0.5, 0.6) is 0 Å². The molecule has 4 nitrogen and oxygen atoms in total. The normalized spacial score (nSPS) is 30.9. The molecule has 4 rings (SSSR count). The smallest absolute Gasteiger partial charge is 0.239 e. The molecule has 0 N–H and O–H groups in total.